The molecule has 2 aromatic carbocycles. The number of nitrogens with one attached hydrogen (secondary N) is 2. The Hall–Kier alpha value is -2.21. The van der Waals surface area contributed by atoms with Gasteiger partial charge in [-0.2, -0.15) is 0 Å². The summed E-state index contributed by atoms with van der Waals surface area (Å²) < 4.78 is 0. The zero-order chi connectivity index (χ0) is 18.9. The first-order chi connectivity index (χ1) is 13.2. The van der Waals surface area contributed by atoms with Crippen LogP contribution in [-0.2, 0) is 17.9 Å². The molecule has 0 atom stereocenters. The Morgan fingerprint density at radius 2 is 1.63 bits per heavy atom. The molecular formula is C22H30N4O. The van der Waals surface area contributed by atoms with Gasteiger partial charge in [-0.05, 0) is 29.8 Å². The van der Waals surface area contributed by atoms with E-state index in [0.717, 1.165) is 51.5 Å². The predicted octanol–water partition coefficient (Wildman–Crippen LogP) is 2.55. The van der Waals surface area contributed by atoms with Gasteiger partial charge >= 0.3 is 0 Å². The first-order valence-corrected chi connectivity index (χ1v) is 9.81. The second-order valence-electron chi connectivity index (χ2n) is 7.07. The first-order valence-electron chi connectivity index (χ1n) is 9.81. The molecule has 1 aliphatic heterocycles. The summed E-state index contributed by atoms with van der Waals surface area (Å²) in [6.07, 6.45) is 0. The number of benzene rings is 2. The molecule has 1 aliphatic rings. The van der Waals surface area contributed by atoms with Gasteiger partial charge in [-0.15, -0.1) is 0 Å². The molecule has 1 heterocycles. The molecule has 144 valence electrons. The minimum absolute atomic E-state index is 0.0621. The van der Waals surface area contributed by atoms with Gasteiger partial charge in [0.15, 0.2) is 0 Å². The number of anilines is 1. The zero-order valence-corrected chi connectivity index (χ0v) is 16.2. The van der Waals surface area contributed by atoms with Crippen LogP contribution in [0.25, 0.3) is 0 Å². The normalized spacial score (nSPS) is 15.6. The highest BCUT2D eigenvalue weighted by Crippen LogP contribution is 2.12. The lowest BCUT2D eigenvalue weighted by Crippen LogP contribution is -2.48. The maximum atomic E-state index is 12.4. The first kappa shape index (κ1) is 19.5. The number of hydrogen-bond acceptors (Lipinski definition) is 4. The highest BCUT2D eigenvalue weighted by Gasteiger charge is 2.19. The van der Waals surface area contributed by atoms with Crippen molar-refractivity contribution in [2.75, 3.05) is 44.6 Å². The van der Waals surface area contributed by atoms with Crippen molar-refractivity contribution in [1.82, 2.24) is 15.1 Å². The van der Waals surface area contributed by atoms with Crippen LogP contribution in [-0.4, -0.2) is 55.0 Å². The number of amides is 1. The fraction of sp³-hybridized carbons (Fsp3) is 0.409. The van der Waals surface area contributed by atoms with E-state index in [1.807, 2.05) is 18.2 Å². The molecule has 5 heteroatoms. The van der Waals surface area contributed by atoms with E-state index >= 15 is 0 Å². The summed E-state index contributed by atoms with van der Waals surface area (Å²) in [6.45, 7) is 9.15. The summed E-state index contributed by atoms with van der Waals surface area (Å²) in [6, 6.07) is 18.6. The number of hydrogen-bond donors (Lipinski definition) is 2. The van der Waals surface area contributed by atoms with Crippen molar-refractivity contribution in [3.63, 3.8) is 0 Å². The summed E-state index contributed by atoms with van der Waals surface area (Å²) in [5.41, 5.74) is 3.41. The molecule has 2 aromatic rings. The molecule has 0 saturated carbocycles. The zero-order valence-electron chi connectivity index (χ0n) is 16.2. The number of carbonyl (C=O) groups excluding carboxylic acids is 1. The molecule has 0 aliphatic carbocycles. The van der Waals surface area contributed by atoms with Crippen molar-refractivity contribution in [1.29, 1.82) is 0 Å². The molecule has 0 aromatic heterocycles. The Kier molecular flexibility index (Phi) is 7.39. The summed E-state index contributed by atoms with van der Waals surface area (Å²) in [7, 11) is 0. The van der Waals surface area contributed by atoms with Gasteiger partial charge in [-0.25, -0.2) is 0 Å². The van der Waals surface area contributed by atoms with E-state index in [2.05, 4.69) is 63.8 Å². The average molecular weight is 367 g/mol. The number of piperazine rings is 1. The Morgan fingerprint density at radius 1 is 0.926 bits per heavy atom. The van der Waals surface area contributed by atoms with Crippen LogP contribution in [0.15, 0.2) is 54.6 Å². The van der Waals surface area contributed by atoms with Gasteiger partial charge in [0.1, 0.15) is 0 Å². The van der Waals surface area contributed by atoms with Crippen LogP contribution in [0.3, 0.4) is 0 Å². The lowest BCUT2D eigenvalue weighted by Gasteiger charge is -2.34. The van der Waals surface area contributed by atoms with E-state index in [-0.39, 0.29) is 5.91 Å². The van der Waals surface area contributed by atoms with Gasteiger partial charge in [-0.3, -0.25) is 14.6 Å². The molecule has 0 unspecified atom stereocenters. The standard InChI is InChI=1S/C22H30N4O/c1-2-23-16-20-9-6-10-21(15-20)24-22(27)18-26-13-11-25(12-14-26)17-19-7-4-3-5-8-19/h3-10,15,23H,2,11-14,16-18H2,1H3,(H,24,27). The predicted molar refractivity (Wildman–Crippen MR) is 111 cm³/mol. The van der Waals surface area contributed by atoms with Crippen molar-refractivity contribution in [3.05, 3.63) is 65.7 Å². The van der Waals surface area contributed by atoms with Crippen molar-refractivity contribution in [3.8, 4) is 0 Å². The van der Waals surface area contributed by atoms with Gasteiger partial charge < -0.3 is 10.6 Å². The monoisotopic (exact) mass is 366 g/mol. The van der Waals surface area contributed by atoms with E-state index in [0.29, 0.717) is 6.54 Å². The molecule has 0 radical (unpaired) electrons. The third kappa shape index (κ3) is 6.47. The summed E-state index contributed by atoms with van der Waals surface area (Å²) in [5, 5.41) is 6.34. The lowest BCUT2D eigenvalue weighted by molar-refractivity contribution is -0.117. The largest absolute Gasteiger partial charge is 0.325 e. The Morgan fingerprint density at radius 3 is 2.37 bits per heavy atom. The quantitative estimate of drug-likeness (QED) is 0.754. The van der Waals surface area contributed by atoms with Crippen LogP contribution >= 0.6 is 0 Å². The van der Waals surface area contributed by atoms with Crippen molar-refractivity contribution in [2.24, 2.45) is 0 Å². The third-order valence-electron chi connectivity index (χ3n) is 4.87. The second-order valence-corrected chi connectivity index (χ2v) is 7.07. The van der Waals surface area contributed by atoms with Gasteiger partial charge in [0.05, 0.1) is 6.54 Å². The molecule has 1 saturated heterocycles. The van der Waals surface area contributed by atoms with E-state index in [1.165, 1.54) is 11.1 Å². The van der Waals surface area contributed by atoms with Crippen LogP contribution in [0, 0.1) is 0 Å². The SMILES string of the molecule is CCNCc1cccc(NC(=O)CN2CCN(Cc3ccccc3)CC2)c1. The molecule has 1 fully saturated rings. The molecule has 0 spiro atoms. The lowest BCUT2D eigenvalue weighted by atomic mass is 10.2. The Labute approximate surface area is 162 Å². The van der Waals surface area contributed by atoms with Gasteiger partial charge in [0.2, 0.25) is 5.91 Å². The highest BCUT2D eigenvalue weighted by atomic mass is 16.2. The molecule has 27 heavy (non-hydrogen) atoms. The maximum absolute atomic E-state index is 12.4. The third-order valence-corrected chi connectivity index (χ3v) is 4.87. The van der Waals surface area contributed by atoms with Gasteiger partial charge in [0.25, 0.3) is 0 Å². The molecule has 3 rings (SSSR count). The van der Waals surface area contributed by atoms with Gasteiger partial charge in [-0.1, -0.05) is 49.4 Å². The second kappa shape index (κ2) is 10.2. The number of carbonyl (C=O) groups is 1. The van der Waals surface area contributed by atoms with Crippen LogP contribution < -0.4 is 10.6 Å². The minimum Gasteiger partial charge on any atom is -0.325 e. The van der Waals surface area contributed by atoms with Crippen LogP contribution in [0.4, 0.5) is 5.69 Å². The van der Waals surface area contributed by atoms with E-state index in [9.17, 15) is 4.79 Å². The fourth-order valence-corrected chi connectivity index (χ4v) is 3.38. The maximum Gasteiger partial charge on any atom is 0.238 e. The van der Waals surface area contributed by atoms with Crippen molar-refractivity contribution >= 4 is 11.6 Å². The molecule has 5 nitrogen and oxygen atoms in total. The van der Waals surface area contributed by atoms with Crippen molar-refractivity contribution < 1.29 is 4.79 Å². The summed E-state index contributed by atoms with van der Waals surface area (Å²) in [4.78, 5) is 17.1. The molecule has 0 bridgehead atoms. The number of rotatable bonds is 8. The number of nitrogens with zero attached hydrogens (tertiary/aromatic N) is 2. The topological polar surface area (TPSA) is 47.6 Å². The smallest absolute Gasteiger partial charge is 0.238 e. The Bertz CT molecular complexity index is 711. The van der Waals surface area contributed by atoms with Crippen LogP contribution in [0.1, 0.15) is 18.1 Å². The molecule has 1 amide bonds. The molecule has 2 N–H and O–H groups in total. The Balaban J connectivity index is 1.41. The van der Waals surface area contributed by atoms with E-state index in [4.69, 9.17) is 0 Å². The highest BCUT2D eigenvalue weighted by molar-refractivity contribution is 5.92. The molecular weight excluding hydrogens is 336 g/mol. The van der Waals surface area contributed by atoms with E-state index < -0.39 is 0 Å². The fourth-order valence-electron chi connectivity index (χ4n) is 3.38. The van der Waals surface area contributed by atoms with Crippen LogP contribution in [0.5, 0.6) is 0 Å². The van der Waals surface area contributed by atoms with Crippen molar-refractivity contribution in [2.45, 2.75) is 20.0 Å². The van der Waals surface area contributed by atoms with E-state index in [1.54, 1.807) is 0 Å². The van der Waals surface area contributed by atoms with Gasteiger partial charge in [0, 0.05) is 45.0 Å². The van der Waals surface area contributed by atoms with Crippen LogP contribution in [0.2, 0.25) is 0 Å². The summed E-state index contributed by atoms with van der Waals surface area (Å²) in [5.74, 6) is 0.0621. The minimum atomic E-state index is 0.0621. The summed E-state index contributed by atoms with van der Waals surface area (Å²) >= 11 is 0. The average Bonchev–Trinajstić information content (AvgIpc) is 2.69.